The summed E-state index contributed by atoms with van der Waals surface area (Å²) in [5.74, 6) is 0. The summed E-state index contributed by atoms with van der Waals surface area (Å²) in [7, 11) is 0. The fourth-order valence-electron chi connectivity index (χ4n) is 0.992. The standard InChI is InChI=1S/C5H10BrN/c6-4-5-2-1-3-7-5/h5,7H,1-4H2/p+1/t5-/m0/s1. The van der Waals surface area contributed by atoms with Gasteiger partial charge in [0.2, 0.25) is 0 Å². The summed E-state index contributed by atoms with van der Waals surface area (Å²) >= 11 is 3.44. The van der Waals surface area contributed by atoms with Crippen LogP contribution in [0.4, 0.5) is 0 Å². The monoisotopic (exact) mass is 164 g/mol. The minimum atomic E-state index is 0.889. The highest BCUT2D eigenvalue weighted by molar-refractivity contribution is 9.09. The van der Waals surface area contributed by atoms with Crippen LogP contribution in [-0.4, -0.2) is 17.9 Å². The third-order valence-electron chi connectivity index (χ3n) is 1.48. The molecular formula is C5H11BrN+. The lowest BCUT2D eigenvalue weighted by atomic mass is 10.3. The third-order valence-corrected chi connectivity index (χ3v) is 2.31. The molecule has 0 bridgehead atoms. The molecule has 0 aromatic rings. The SMILES string of the molecule is BrC[C@@H]1CCC[NH2+]1. The summed E-state index contributed by atoms with van der Waals surface area (Å²) < 4.78 is 0. The molecule has 0 aliphatic carbocycles. The Morgan fingerprint density at radius 2 is 2.57 bits per heavy atom. The topological polar surface area (TPSA) is 16.6 Å². The van der Waals surface area contributed by atoms with Gasteiger partial charge in [-0.1, -0.05) is 15.9 Å². The van der Waals surface area contributed by atoms with Gasteiger partial charge in [0.25, 0.3) is 0 Å². The van der Waals surface area contributed by atoms with Crippen molar-refractivity contribution in [3.8, 4) is 0 Å². The molecule has 0 radical (unpaired) electrons. The molecule has 0 spiro atoms. The Bertz CT molecular complexity index is 50.0. The van der Waals surface area contributed by atoms with Gasteiger partial charge in [0, 0.05) is 12.8 Å². The highest BCUT2D eigenvalue weighted by Gasteiger charge is 2.15. The van der Waals surface area contributed by atoms with Gasteiger partial charge in [0.05, 0.1) is 17.9 Å². The summed E-state index contributed by atoms with van der Waals surface area (Å²) in [6, 6.07) is 0.889. The molecule has 0 aromatic carbocycles. The maximum atomic E-state index is 3.44. The van der Waals surface area contributed by atoms with E-state index in [0.717, 1.165) is 6.04 Å². The van der Waals surface area contributed by atoms with E-state index >= 15 is 0 Å². The molecule has 0 unspecified atom stereocenters. The molecule has 0 aromatic heterocycles. The number of hydrogen-bond acceptors (Lipinski definition) is 0. The van der Waals surface area contributed by atoms with Crippen molar-refractivity contribution in [1.29, 1.82) is 0 Å². The highest BCUT2D eigenvalue weighted by atomic mass is 79.9. The van der Waals surface area contributed by atoms with E-state index < -0.39 is 0 Å². The second-order valence-corrected chi connectivity index (χ2v) is 2.73. The minimum absolute atomic E-state index is 0.889. The normalized spacial score (nSPS) is 31.3. The second kappa shape index (κ2) is 2.68. The van der Waals surface area contributed by atoms with Crippen LogP contribution in [0.2, 0.25) is 0 Å². The maximum Gasteiger partial charge on any atom is 0.0959 e. The molecule has 1 fully saturated rings. The van der Waals surface area contributed by atoms with Crippen molar-refractivity contribution in [2.24, 2.45) is 0 Å². The maximum absolute atomic E-state index is 3.44. The molecule has 1 saturated heterocycles. The first kappa shape index (κ1) is 5.57. The van der Waals surface area contributed by atoms with Crippen LogP contribution in [0.25, 0.3) is 0 Å². The molecule has 2 N–H and O–H groups in total. The Balaban J connectivity index is 2.14. The van der Waals surface area contributed by atoms with Crippen LogP contribution in [0.5, 0.6) is 0 Å². The van der Waals surface area contributed by atoms with E-state index in [1.54, 1.807) is 0 Å². The van der Waals surface area contributed by atoms with Gasteiger partial charge in [-0.05, 0) is 0 Å². The van der Waals surface area contributed by atoms with Crippen LogP contribution in [-0.2, 0) is 0 Å². The van der Waals surface area contributed by atoms with E-state index in [1.165, 1.54) is 24.7 Å². The molecule has 1 aliphatic heterocycles. The van der Waals surface area contributed by atoms with Gasteiger partial charge in [0.1, 0.15) is 0 Å². The van der Waals surface area contributed by atoms with Gasteiger partial charge in [0.15, 0.2) is 0 Å². The summed E-state index contributed by atoms with van der Waals surface area (Å²) in [6.45, 7) is 1.34. The number of rotatable bonds is 1. The first-order valence-electron chi connectivity index (χ1n) is 2.83. The zero-order valence-electron chi connectivity index (χ0n) is 4.36. The number of quaternary nitrogens is 1. The Morgan fingerprint density at radius 1 is 1.71 bits per heavy atom. The largest absolute Gasteiger partial charge is 0.343 e. The van der Waals surface area contributed by atoms with Gasteiger partial charge in [-0.25, -0.2) is 0 Å². The minimum Gasteiger partial charge on any atom is -0.343 e. The number of alkyl halides is 1. The van der Waals surface area contributed by atoms with Gasteiger partial charge in [-0.3, -0.25) is 0 Å². The first-order valence-corrected chi connectivity index (χ1v) is 3.95. The summed E-state index contributed by atoms with van der Waals surface area (Å²) in [5, 5.41) is 3.59. The number of halogens is 1. The summed E-state index contributed by atoms with van der Waals surface area (Å²) in [5.41, 5.74) is 0. The van der Waals surface area contributed by atoms with Crippen molar-refractivity contribution in [2.75, 3.05) is 11.9 Å². The first-order chi connectivity index (χ1) is 3.43. The molecule has 7 heavy (non-hydrogen) atoms. The zero-order chi connectivity index (χ0) is 5.11. The van der Waals surface area contributed by atoms with Crippen molar-refractivity contribution < 1.29 is 5.32 Å². The zero-order valence-corrected chi connectivity index (χ0v) is 5.95. The average Bonchev–Trinajstić information content (AvgIpc) is 2.14. The van der Waals surface area contributed by atoms with Crippen molar-refractivity contribution in [3.05, 3.63) is 0 Å². The van der Waals surface area contributed by atoms with Crippen LogP contribution in [0.3, 0.4) is 0 Å². The van der Waals surface area contributed by atoms with Crippen LogP contribution >= 0.6 is 15.9 Å². The van der Waals surface area contributed by atoms with Crippen molar-refractivity contribution in [3.63, 3.8) is 0 Å². The molecule has 1 nitrogen and oxygen atoms in total. The quantitative estimate of drug-likeness (QED) is 0.531. The molecular weight excluding hydrogens is 154 g/mol. The molecule has 1 atom stereocenters. The van der Waals surface area contributed by atoms with Crippen LogP contribution < -0.4 is 5.32 Å². The molecule has 1 aliphatic rings. The molecule has 2 heteroatoms. The Labute approximate surface area is 52.6 Å². The molecule has 0 amide bonds. The number of hydrogen-bond donors (Lipinski definition) is 1. The van der Waals surface area contributed by atoms with Gasteiger partial charge in [-0.2, -0.15) is 0 Å². The Morgan fingerprint density at radius 3 is 2.86 bits per heavy atom. The predicted molar refractivity (Wildman–Crippen MR) is 33.6 cm³/mol. The Hall–Kier alpha value is 0.440. The van der Waals surface area contributed by atoms with E-state index in [2.05, 4.69) is 21.2 Å². The van der Waals surface area contributed by atoms with E-state index in [0.29, 0.717) is 0 Å². The van der Waals surface area contributed by atoms with Crippen molar-refractivity contribution in [2.45, 2.75) is 18.9 Å². The lowest BCUT2D eigenvalue weighted by molar-refractivity contribution is -0.665. The van der Waals surface area contributed by atoms with Crippen molar-refractivity contribution in [1.82, 2.24) is 0 Å². The van der Waals surface area contributed by atoms with E-state index in [1.807, 2.05) is 0 Å². The van der Waals surface area contributed by atoms with Gasteiger partial charge < -0.3 is 5.32 Å². The summed E-state index contributed by atoms with van der Waals surface area (Å²) in [4.78, 5) is 0. The lowest BCUT2D eigenvalue weighted by Gasteiger charge is -1.97. The van der Waals surface area contributed by atoms with Crippen molar-refractivity contribution >= 4 is 15.9 Å². The fourth-order valence-corrected chi connectivity index (χ4v) is 1.58. The number of nitrogens with two attached hydrogens (primary N) is 1. The molecule has 1 rings (SSSR count). The third kappa shape index (κ3) is 1.42. The predicted octanol–water partition coefficient (Wildman–Crippen LogP) is 0.107. The fraction of sp³-hybridized carbons (Fsp3) is 1.00. The van der Waals surface area contributed by atoms with Crippen LogP contribution in [0.1, 0.15) is 12.8 Å². The smallest absolute Gasteiger partial charge is 0.0959 e. The highest BCUT2D eigenvalue weighted by Crippen LogP contribution is 1.99. The van der Waals surface area contributed by atoms with E-state index in [4.69, 9.17) is 0 Å². The Kier molecular flexibility index (Phi) is 2.13. The van der Waals surface area contributed by atoms with Crippen LogP contribution in [0.15, 0.2) is 0 Å². The molecule has 42 valence electrons. The van der Waals surface area contributed by atoms with Crippen LogP contribution in [0, 0.1) is 0 Å². The second-order valence-electron chi connectivity index (χ2n) is 2.08. The van der Waals surface area contributed by atoms with E-state index in [9.17, 15) is 0 Å². The van der Waals surface area contributed by atoms with Gasteiger partial charge in [-0.15, -0.1) is 0 Å². The lowest BCUT2D eigenvalue weighted by Crippen LogP contribution is -2.87. The molecule has 1 heterocycles. The average molecular weight is 165 g/mol. The van der Waals surface area contributed by atoms with Gasteiger partial charge >= 0.3 is 0 Å². The summed E-state index contributed by atoms with van der Waals surface area (Å²) in [6.07, 6.45) is 2.82. The van der Waals surface area contributed by atoms with E-state index in [-0.39, 0.29) is 0 Å². The molecule has 0 saturated carbocycles.